The summed E-state index contributed by atoms with van der Waals surface area (Å²) >= 11 is 5.80. The Morgan fingerprint density at radius 3 is 2.89 bits per heavy atom. The highest BCUT2D eigenvalue weighted by atomic mass is 35.5. The summed E-state index contributed by atoms with van der Waals surface area (Å²) in [6, 6.07) is 1.53. The first-order valence-corrected chi connectivity index (χ1v) is 6.62. The number of nitrogens with two attached hydrogens (primary N) is 1. The lowest BCUT2D eigenvalue weighted by Crippen LogP contribution is -2.31. The second-order valence-electron chi connectivity index (χ2n) is 4.93. The van der Waals surface area contributed by atoms with Gasteiger partial charge in [-0.2, -0.15) is 0 Å². The van der Waals surface area contributed by atoms with Gasteiger partial charge in [-0.25, -0.2) is 4.98 Å². The van der Waals surface area contributed by atoms with Crippen LogP contribution in [0.5, 0.6) is 0 Å². The van der Waals surface area contributed by atoms with E-state index in [1.54, 1.807) is 4.90 Å². The molecule has 0 saturated heterocycles. The Balaban J connectivity index is 2.07. The Morgan fingerprint density at radius 2 is 2.22 bits per heavy atom. The molecule has 1 heterocycles. The lowest BCUT2D eigenvalue weighted by molar-refractivity contribution is 0.0774. The lowest BCUT2D eigenvalue weighted by Gasteiger charge is -2.21. The van der Waals surface area contributed by atoms with Gasteiger partial charge in [-0.05, 0) is 24.8 Å². The maximum absolute atomic E-state index is 12.3. The lowest BCUT2D eigenvalue weighted by atomic mass is 10.1. The van der Waals surface area contributed by atoms with Crippen LogP contribution in [0.1, 0.15) is 36.0 Å². The van der Waals surface area contributed by atoms with Gasteiger partial charge in [0, 0.05) is 13.6 Å². The van der Waals surface area contributed by atoms with Gasteiger partial charge in [0.15, 0.2) is 0 Å². The van der Waals surface area contributed by atoms with Crippen molar-refractivity contribution in [2.75, 3.05) is 19.3 Å². The van der Waals surface area contributed by atoms with Crippen molar-refractivity contribution < 1.29 is 4.79 Å². The van der Waals surface area contributed by atoms with Crippen molar-refractivity contribution >= 4 is 23.2 Å². The van der Waals surface area contributed by atoms with Crippen molar-refractivity contribution in [2.45, 2.75) is 25.7 Å². The molecular formula is C13H18ClN3O. The van der Waals surface area contributed by atoms with Crippen LogP contribution in [0.15, 0.2) is 12.3 Å². The number of carbonyl (C=O) groups is 1. The smallest absolute Gasteiger partial charge is 0.255 e. The minimum atomic E-state index is -0.0799. The van der Waals surface area contributed by atoms with E-state index in [0.717, 1.165) is 6.54 Å². The van der Waals surface area contributed by atoms with Gasteiger partial charge >= 0.3 is 0 Å². The molecule has 0 aliphatic heterocycles. The van der Waals surface area contributed by atoms with Gasteiger partial charge in [-0.15, -0.1) is 0 Å². The third kappa shape index (κ3) is 2.93. The number of rotatable bonds is 3. The molecule has 1 amide bonds. The summed E-state index contributed by atoms with van der Waals surface area (Å²) in [4.78, 5) is 17.9. The van der Waals surface area contributed by atoms with E-state index in [1.807, 2.05) is 7.05 Å². The molecule has 1 fully saturated rings. The molecule has 2 rings (SSSR count). The van der Waals surface area contributed by atoms with Gasteiger partial charge in [-0.3, -0.25) is 4.79 Å². The average Bonchev–Trinajstić information content (AvgIpc) is 2.84. The highest BCUT2D eigenvalue weighted by Gasteiger charge is 2.21. The second kappa shape index (κ2) is 5.57. The topological polar surface area (TPSA) is 59.2 Å². The Labute approximate surface area is 112 Å². The van der Waals surface area contributed by atoms with Crippen LogP contribution in [0.2, 0.25) is 5.15 Å². The summed E-state index contributed by atoms with van der Waals surface area (Å²) in [5.74, 6) is 0.543. The van der Waals surface area contributed by atoms with E-state index in [1.165, 1.54) is 37.9 Å². The third-order valence-corrected chi connectivity index (χ3v) is 3.69. The number of nitrogen functional groups attached to an aromatic ring is 1. The highest BCUT2D eigenvalue weighted by Crippen LogP contribution is 2.26. The van der Waals surface area contributed by atoms with E-state index in [0.29, 0.717) is 22.3 Å². The largest absolute Gasteiger partial charge is 0.397 e. The van der Waals surface area contributed by atoms with E-state index in [9.17, 15) is 4.79 Å². The molecule has 1 aromatic rings. The van der Waals surface area contributed by atoms with Crippen molar-refractivity contribution in [2.24, 2.45) is 5.92 Å². The van der Waals surface area contributed by atoms with E-state index >= 15 is 0 Å². The summed E-state index contributed by atoms with van der Waals surface area (Å²) in [5, 5.41) is 0.293. The highest BCUT2D eigenvalue weighted by molar-refractivity contribution is 6.29. The minimum absolute atomic E-state index is 0.0799. The predicted molar refractivity (Wildman–Crippen MR) is 72.6 cm³/mol. The van der Waals surface area contributed by atoms with Crippen LogP contribution in [-0.4, -0.2) is 29.4 Å². The zero-order valence-corrected chi connectivity index (χ0v) is 11.3. The number of hydrogen-bond acceptors (Lipinski definition) is 3. The molecule has 0 radical (unpaired) electrons. The molecule has 0 unspecified atom stereocenters. The number of halogens is 1. The molecule has 1 aromatic heterocycles. The zero-order chi connectivity index (χ0) is 13.1. The number of amides is 1. The van der Waals surface area contributed by atoms with E-state index in [-0.39, 0.29) is 5.91 Å². The molecule has 1 aliphatic carbocycles. The van der Waals surface area contributed by atoms with Crippen LogP contribution in [-0.2, 0) is 0 Å². The second-order valence-corrected chi connectivity index (χ2v) is 5.32. The first-order chi connectivity index (χ1) is 8.58. The third-order valence-electron chi connectivity index (χ3n) is 3.49. The first-order valence-electron chi connectivity index (χ1n) is 6.24. The van der Waals surface area contributed by atoms with E-state index in [2.05, 4.69) is 4.98 Å². The van der Waals surface area contributed by atoms with Gasteiger partial charge in [-0.1, -0.05) is 24.4 Å². The molecule has 1 aliphatic rings. The average molecular weight is 268 g/mol. The molecule has 0 aromatic carbocycles. The van der Waals surface area contributed by atoms with Crippen LogP contribution in [0, 0.1) is 5.92 Å². The summed E-state index contributed by atoms with van der Waals surface area (Å²) in [6.07, 6.45) is 6.40. The SMILES string of the molecule is CN(CC1CCCC1)C(=O)c1cc(Cl)ncc1N. The number of aromatic nitrogens is 1. The Bertz CT molecular complexity index is 444. The van der Waals surface area contributed by atoms with Crippen LogP contribution in [0.4, 0.5) is 5.69 Å². The molecule has 5 heteroatoms. The van der Waals surface area contributed by atoms with E-state index in [4.69, 9.17) is 17.3 Å². The van der Waals surface area contributed by atoms with Gasteiger partial charge in [0.2, 0.25) is 0 Å². The van der Waals surface area contributed by atoms with Crippen molar-refractivity contribution in [3.8, 4) is 0 Å². The maximum Gasteiger partial charge on any atom is 0.255 e. The van der Waals surface area contributed by atoms with Crippen LogP contribution in [0.25, 0.3) is 0 Å². The fourth-order valence-electron chi connectivity index (χ4n) is 2.49. The Hall–Kier alpha value is -1.29. The van der Waals surface area contributed by atoms with Crippen LogP contribution >= 0.6 is 11.6 Å². The molecule has 2 N–H and O–H groups in total. The van der Waals surface area contributed by atoms with Crippen LogP contribution < -0.4 is 5.73 Å². The summed E-state index contributed by atoms with van der Waals surface area (Å²) < 4.78 is 0. The monoisotopic (exact) mass is 267 g/mol. The number of pyridine rings is 1. The maximum atomic E-state index is 12.3. The van der Waals surface area contributed by atoms with Gasteiger partial charge in [0.1, 0.15) is 5.15 Å². The van der Waals surface area contributed by atoms with Gasteiger partial charge < -0.3 is 10.6 Å². The Morgan fingerprint density at radius 1 is 1.56 bits per heavy atom. The Kier molecular flexibility index (Phi) is 4.07. The van der Waals surface area contributed by atoms with Crippen molar-refractivity contribution in [3.05, 3.63) is 23.0 Å². The number of anilines is 1. The molecular weight excluding hydrogens is 250 g/mol. The molecule has 98 valence electrons. The van der Waals surface area contributed by atoms with E-state index < -0.39 is 0 Å². The minimum Gasteiger partial charge on any atom is -0.397 e. The summed E-state index contributed by atoms with van der Waals surface area (Å²) in [6.45, 7) is 0.790. The van der Waals surface area contributed by atoms with Crippen molar-refractivity contribution in [3.63, 3.8) is 0 Å². The number of nitrogens with zero attached hydrogens (tertiary/aromatic N) is 2. The zero-order valence-electron chi connectivity index (χ0n) is 10.5. The summed E-state index contributed by atoms with van der Waals surface area (Å²) in [7, 11) is 1.81. The fraction of sp³-hybridized carbons (Fsp3) is 0.538. The molecule has 0 bridgehead atoms. The number of hydrogen-bond donors (Lipinski definition) is 1. The first kappa shape index (κ1) is 13.1. The van der Waals surface area contributed by atoms with Crippen LogP contribution in [0.3, 0.4) is 0 Å². The molecule has 18 heavy (non-hydrogen) atoms. The molecule has 0 atom stereocenters. The van der Waals surface area contributed by atoms with Gasteiger partial charge in [0.25, 0.3) is 5.91 Å². The summed E-state index contributed by atoms with van der Waals surface area (Å²) in [5.41, 5.74) is 6.59. The quantitative estimate of drug-likeness (QED) is 0.857. The fourth-order valence-corrected chi connectivity index (χ4v) is 2.65. The van der Waals surface area contributed by atoms with Crippen molar-refractivity contribution in [1.29, 1.82) is 0 Å². The normalized spacial score (nSPS) is 15.9. The van der Waals surface area contributed by atoms with Crippen molar-refractivity contribution in [1.82, 2.24) is 9.88 Å². The predicted octanol–water partition coefficient (Wildman–Crippen LogP) is 2.58. The molecule has 0 spiro atoms. The molecule has 1 saturated carbocycles. The number of carbonyl (C=O) groups excluding carboxylic acids is 1. The standard InChI is InChI=1S/C13H18ClN3O/c1-17(8-9-4-2-3-5-9)13(18)10-6-12(14)16-7-11(10)15/h6-7,9H,2-5,8,15H2,1H3. The van der Waals surface area contributed by atoms with Gasteiger partial charge in [0.05, 0.1) is 17.4 Å². The molecule has 4 nitrogen and oxygen atoms in total.